The van der Waals surface area contributed by atoms with Crippen molar-refractivity contribution in [1.82, 2.24) is 9.97 Å². The molecule has 2 aromatic heterocycles. The van der Waals surface area contributed by atoms with Gasteiger partial charge in [-0.3, -0.25) is 9.97 Å². The van der Waals surface area contributed by atoms with Gasteiger partial charge in [0.25, 0.3) is 0 Å². The number of fused-ring (bicyclic) bond motifs is 1. The average Bonchev–Trinajstić information content (AvgIpc) is 2.67. The number of nitrogens with one attached hydrogen (secondary N) is 1. The van der Waals surface area contributed by atoms with Crippen molar-refractivity contribution in [3.63, 3.8) is 0 Å². The van der Waals surface area contributed by atoms with Gasteiger partial charge in [0.1, 0.15) is 6.61 Å². The van der Waals surface area contributed by atoms with Crippen molar-refractivity contribution in [2.75, 3.05) is 24.3 Å². The van der Waals surface area contributed by atoms with Crippen molar-refractivity contribution in [2.24, 2.45) is 0 Å². The number of para-hydroxylation sites is 1. The summed E-state index contributed by atoms with van der Waals surface area (Å²) < 4.78 is 40.9. The van der Waals surface area contributed by atoms with Gasteiger partial charge in [-0.15, -0.1) is 24.2 Å². The molecule has 0 amide bonds. The first-order valence-corrected chi connectivity index (χ1v) is 9.71. The number of anilines is 1. The average molecular weight is 444 g/mol. The molecule has 4 nitrogen and oxygen atoms in total. The van der Waals surface area contributed by atoms with Crippen LogP contribution in [-0.4, -0.2) is 35.1 Å². The van der Waals surface area contributed by atoms with E-state index in [-0.39, 0.29) is 19.0 Å². The van der Waals surface area contributed by atoms with Crippen LogP contribution >= 0.6 is 24.2 Å². The lowest BCUT2D eigenvalue weighted by atomic mass is 10.2. The zero-order valence-corrected chi connectivity index (χ0v) is 17.3. The van der Waals surface area contributed by atoms with Gasteiger partial charge in [-0.05, 0) is 30.7 Å². The Hall–Kier alpha value is -2.03. The van der Waals surface area contributed by atoms with Crippen molar-refractivity contribution in [3.05, 3.63) is 60.0 Å². The molecule has 0 aliphatic heterocycles. The number of rotatable bonds is 8. The Balaban J connectivity index is 0.00000300. The van der Waals surface area contributed by atoms with Gasteiger partial charge in [0.15, 0.2) is 0 Å². The summed E-state index contributed by atoms with van der Waals surface area (Å²) in [4.78, 5) is 9.83. The van der Waals surface area contributed by atoms with Gasteiger partial charge < -0.3 is 10.1 Å². The molecular formula is C20H21ClF3N3OS. The maximum absolute atomic E-state index is 12.1. The summed E-state index contributed by atoms with van der Waals surface area (Å²) in [7, 11) is 0. The van der Waals surface area contributed by atoms with E-state index in [2.05, 4.69) is 20.0 Å². The topological polar surface area (TPSA) is 47.0 Å². The second-order valence-electron chi connectivity index (χ2n) is 6.17. The number of hydrogen-bond acceptors (Lipinski definition) is 5. The highest BCUT2D eigenvalue weighted by molar-refractivity contribution is 7.99. The van der Waals surface area contributed by atoms with Crippen molar-refractivity contribution in [3.8, 4) is 0 Å². The molecule has 0 fully saturated rings. The minimum absolute atomic E-state index is 0. The minimum atomic E-state index is -4.28. The predicted molar refractivity (Wildman–Crippen MR) is 113 cm³/mol. The Morgan fingerprint density at radius 1 is 1.14 bits per heavy atom. The normalized spacial score (nSPS) is 11.3. The maximum Gasteiger partial charge on any atom is 0.411 e. The Morgan fingerprint density at radius 2 is 1.93 bits per heavy atom. The Kier molecular flexibility index (Phi) is 8.55. The molecule has 0 saturated carbocycles. The van der Waals surface area contributed by atoms with Crippen LogP contribution in [0, 0.1) is 6.92 Å². The first-order valence-electron chi connectivity index (χ1n) is 8.73. The van der Waals surface area contributed by atoms with Gasteiger partial charge in [-0.2, -0.15) is 13.2 Å². The first-order chi connectivity index (χ1) is 13.4. The van der Waals surface area contributed by atoms with Crippen molar-refractivity contribution in [1.29, 1.82) is 0 Å². The van der Waals surface area contributed by atoms with Crippen molar-refractivity contribution >= 4 is 40.8 Å². The number of hydrogen-bond donors (Lipinski definition) is 1. The standard InChI is InChI=1S/C20H20F3N3OS.ClH/c1-14-18(12-25-16-10-15-4-2-3-5-17(15)26-11-16)24-7-6-19(14)28-9-8-27-13-20(21,22)23;/h2-7,10-11,25H,8-9,12-13H2,1H3;1H. The zero-order chi connectivity index (χ0) is 20.0. The molecule has 3 aromatic rings. The quantitative estimate of drug-likeness (QED) is 0.360. The lowest BCUT2D eigenvalue weighted by molar-refractivity contribution is -0.172. The third-order valence-electron chi connectivity index (χ3n) is 4.06. The van der Waals surface area contributed by atoms with Crippen LogP contribution in [0.15, 0.2) is 53.7 Å². The van der Waals surface area contributed by atoms with Crippen LogP contribution in [0.2, 0.25) is 0 Å². The highest BCUT2D eigenvalue weighted by Gasteiger charge is 2.27. The molecule has 0 saturated heterocycles. The van der Waals surface area contributed by atoms with E-state index in [9.17, 15) is 13.2 Å². The van der Waals surface area contributed by atoms with Crippen LogP contribution in [0.1, 0.15) is 11.3 Å². The molecule has 0 bridgehead atoms. The van der Waals surface area contributed by atoms with E-state index in [0.29, 0.717) is 12.3 Å². The van der Waals surface area contributed by atoms with Gasteiger partial charge in [-0.1, -0.05) is 18.2 Å². The summed E-state index contributed by atoms with van der Waals surface area (Å²) >= 11 is 1.46. The summed E-state index contributed by atoms with van der Waals surface area (Å²) in [5, 5.41) is 4.39. The molecule has 9 heteroatoms. The second kappa shape index (κ2) is 10.7. The molecule has 3 rings (SSSR count). The molecule has 156 valence electrons. The summed E-state index contributed by atoms with van der Waals surface area (Å²) in [6.45, 7) is 1.33. The molecule has 0 spiro atoms. The second-order valence-corrected chi connectivity index (χ2v) is 7.30. The van der Waals surface area contributed by atoms with Crippen LogP contribution in [0.25, 0.3) is 10.9 Å². The van der Waals surface area contributed by atoms with Crippen LogP contribution in [0.5, 0.6) is 0 Å². The highest BCUT2D eigenvalue weighted by atomic mass is 35.5. The van der Waals surface area contributed by atoms with E-state index < -0.39 is 12.8 Å². The monoisotopic (exact) mass is 443 g/mol. The van der Waals surface area contributed by atoms with E-state index in [1.54, 1.807) is 12.4 Å². The van der Waals surface area contributed by atoms with Gasteiger partial charge in [0, 0.05) is 22.2 Å². The Bertz CT molecular complexity index is 940. The molecule has 1 N–H and O–H groups in total. The van der Waals surface area contributed by atoms with Crippen molar-refractivity contribution < 1.29 is 17.9 Å². The molecule has 0 unspecified atom stereocenters. The van der Waals surface area contributed by atoms with Crippen LogP contribution in [0.3, 0.4) is 0 Å². The fraction of sp³-hybridized carbons (Fsp3) is 0.300. The fourth-order valence-corrected chi connectivity index (χ4v) is 3.56. The van der Waals surface area contributed by atoms with Gasteiger partial charge in [0.05, 0.1) is 36.2 Å². The lowest BCUT2D eigenvalue weighted by Gasteiger charge is -2.12. The van der Waals surface area contributed by atoms with Crippen LogP contribution in [0.4, 0.5) is 18.9 Å². The van der Waals surface area contributed by atoms with Crippen LogP contribution in [-0.2, 0) is 11.3 Å². The number of alkyl halides is 3. The van der Waals surface area contributed by atoms with E-state index in [1.807, 2.05) is 43.3 Å². The number of halogens is 4. The minimum Gasteiger partial charge on any atom is -0.378 e. The van der Waals surface area contributed by atoms with E-state index in [1.165, 1.54) is 11.8 Å². The largest absolute Gasteiger partial charge is 0.411 e. The van der Waals surface area contributed by atoms with E-state index >= 15 is 0 Å². The fourth-order valence-electron chi connectivity index (χ4n) is 2.65. The zero-order valence-electron chi connectivity index (χ0n) is 15.7. The summed E-state index contributed by atoms with van der Waals surface area (Å²) in [6, 6.07) is 11.8. The smallest absolute Gasteiger partial charge is 0.378 e. The highest BCUT2D eigenvalue weighted by Crippen LogP contribution is 2.25. The third kappa shape index (κ3) is 7.06. The molecular weight excluding hydrogens is 423 g/mol. The first kappa shape index (κ1) is 23.3. The van der Waals surface area contributed by atoms with E-state index in [0.717, 1.165) is 32.7 Å². The third-order valence-corrected chi connectivity index (χ3v) is 5.18. The SMILES string of the molecule is Cc1c(SCCOCC(F)(F)F)ccnc1CNc1cnc2ccccc2c1.Cl. The molecule has 1 aromatic carbocycles. The molecule has 2 heterocycles. The van der Waals surface area contributed by atoms with Gasteiger partial charge in [-0.25, -0.2) is 0 Å². The molecule has 0 aliphatic rings. The summed E-state index contributed by atoms with van der Waals surface area (Å²) in [6.07, 6.45) is -0.788. The van der Waals surface area contributed by atoms with Gasteiger partial charge >= 0.3 is 6.18 Å². The summed E-state index contributed by atoms with van der Waals surface area (Å²) in [5.41, 5.74) is 3.73. The number of thioether (sulfide) groups is 1. The van der Waals surface area contributed by atoms with E-state index in [4.69, 9.17) is 0 Å². The molecule has 29 heavy (non-hydrogen) atoms. The van der Waals surface area contributed by atoms with Gasteiger partial charge in [0.2, 0.25) is 0 Å². The maximum atomic E-state index is 12.1. The number of aromatic nitrogens is 2. The predicted octanol–water partition coefficient (Wildman–Crippen LogP) is 5.64. The Labute approximate surface area is 177 Å². The van der Waals surface area contributed by atoms with Crippen LogP contribution < -0.4 is 5.32 Å². The molecule has 0 atom stereocenters. The molecule has 0 aliphatic carbocycles. The molecule has 0 radical (unpaired) electrons. The number of nitrogens with zero attached hydrogens (tertiary/aromatic N) is 2. The lowest BCUT2D eigenvalue weighted by Crippen LogP contribution is -2.17. The number of pyridine rings is 2. The number of benzene rings is 1. The summed E-state index contributed by atoms with van der Waals surface area (Å²) in [5.74, 6) is 0.447. The Morgan fingerprint density at radius 3 is 2.72 bits per heavy atom. The number of ether oxygens (including phenoxy) is 1. The van der Waals surface area contributed by atoms with Crippen molar-refractivity contribution in [2.45, 2.75) is 24.5 Å².